The van der Waals surface area contributed by atoms with Crippen molar-refractivity contribution >= 4 is 0 Å². The van der Waals surface area contributed by atoms with Gasteiger partial charge in [-0.3, -0.25) is 0 Å². The van der Waals surface area contributed by atoms with E-state index in [4.69, 9.17) is 5.73 Å². The zero-order chi connectivity index (χ0) is 8.55. The van der Waals surface area contributed by atoms with Crippen LogP contribution in [0.15, 0.2) is 0 Å². The molecule has 12 heavy (non-hydrogen) atoms. The second-order valence-electron chi connectivity index (χ2n) is 4.61. The standard InChI is InChI=1S/C10H20N2/c1-8(11)10-4-5-12(7-10)6-9-2-3-9/h8-10H,2-7,11H2,1H3. The highest BCUT2D eigenvalue weighted by Gasteiger charge is 2.30. The highest BCUT2D eigenvalue weighted by Crippen LogP contribution is 2.31. The van der Waals surface area contributed by atoms with E-state index in [1.807, 2.05) is 0 Å². The fraction of sp³-hybridized carbons (Fsp3) is 1.00. The van der Waals surface area contributed by atoms with Gasteiger partial charge in [0.05, 0.1) is 0 Å². The maximum absolute atomic E-state index is 5.88. The molecule has 1 aliphatic carbocycles. The van der Waals surface area contributed by atoms with Gasteiger partial charge >= 0.3 is 0 Å². The molecule has 1 saturated carbocycles. The van der Waals surface area contributed by atoms with Crippen LogP contribution in [-0.4, -0.2) is 30.6 Å². The van der Waals surface area contributed by atoms with Crippen molar-refractivity contribution in [1.82, 2.24) is 4.90 Å². The molecule has 1 heterocycles. The highest BCUT2D eigenvalue weighted by atomic mass is 15.2. The topological polar surface area (TPSA) is 29.3 Å². The summed E-state index contributed by atoms with van der Waals surface area (Å²) in [5, 5.41) is 0. The van der Waals surface area contributed by atoms with E-state index in [1.54, 1.807) is 0 Å². The number of nitrogens with zero attached hydrogens (tertiary/aromatic N) is 1. The molecule has 2 heteroatoms. The van der Waals surface area contributed by atoms with Crippen LogP contribution in [0, 0.1) is 11.8 Å². The van der Waals surface area contributed by atoms with Gasteiger partial charge in [0.25, 0.3) is 0 Å². The molecule has 2 aliphatic rings. The van der Waals surface area contributed by atoms with Gasteiger partial charge in [-0.1, -0.05) is 0 Å². The van der Waals surface area contributed by atoms with Gasteiger partial charge in [-0.2, -0.15) is 0 Å². The Hall–Kier alpha value is -0.0800. The molecule has 2 fully saturated rings. The maximum Gasteiger partial charge on any atom is 0.00514 e. The van der Waals surface area contributed by atoms with Gasteiger partial charge in [0.2, 0.25) is 0 Å². The van der Waals surface area contributed by atoms with Crippen molar-refractivity contribution in [2.75, 3.05) is 19.6 Å². The van der Waals surface area contributed by atoms with Crippen LogP contribution in [0.25, 0.3) is 0 Å². The Morgan fingerprint density at radius 1 is 1.42 bits per heavy atom. The molecule has 0 aromatic heterocycles. The van der Waals surface area contributed by atoms with Crippen molar-refractivity contribution in [2.24, 2.45) is 17.6 Å². The van der Waals surface area contributed by atoms with E-state index in [1.165, 1.54) is 38.9 Å². The number of hydrogen-bond acceptors (Lipinski definition) is 2. The zero-order valence-electron chi connectivity index (χ0n) is 8.00. The van der Waals surface area contributed by atoms with E-state index in [9.17, 15) is 0 Å². The van der Waals surface area contributed by atoms with E-state index in [0.717, 1.165) is 11.8 Å². The van der Waals surface area contributed by atoms with Crippen molar-refractivity contribution in [2.45, 2.75) is 32.2 Å². The molecule has 0 aromatic carbocycles. The summed E-state index contributed by atoms with van der Waals surface area (Å²) in [6.45, 7) is 6.05. The lowest BCUT2D eigenvalue weighted by Gasteiger charge is -2.17. The number of likely N-dealkylation sites (tertiary alicyclic amines) is 1. The van der Waals surface area contributed by atoms with Crippen molar-refractivity contribution in [3.05, 3.63) is 0 Å². The molecule has 2 N–H and O–H groups in total. The predicted octanol–water partition coefficient (Wildman–Crippen LogP) is 1.07. The van der Waals surface area contributed by atoms with Crippen molar-refractivity contribution in [3.63, 3.8) is 0 Å². The van der Waals surface area contributed by atoms with Crippen molar-refractivity contribution in [3.8, 4) is 0 Å². The Balaban J connectivity index is 1.73. The summed E-state index contributed by atoms with van der Waals surface area (Å²) in [4.78, 5) is 2.60. The molecule has 0 amide bonds. The summed E-state index contributed by atoms with van der Waals surface area (Å²) >= 11 is 0. The lowest BCUT2D eigenvalue weighted by Crippen LogP contribution is -2.30. The second kappa shape index (κ2) is 3.35. The monoisotopic (exact) mass is 168 g/mol. The summed E-state index contributed by atoms with van der Waals surface area (Å²) in [7, 11) is 0. The SMILES string of the molecule is CC(N)C1CCN(CC2CC2)C1. The normalized spacial score (nSPS) is 34.0. The van der Waals surface area contributed by atoms with Gasteiger partial charge in [0, 0.05) is 19.1 Å². The second-order valence-corrected chi connectivity index (χ2v) is 4.61. The van der Waals surface area contributed by atoms with E-state index in [2.05, 4.69) is 11.8 Å². The molecule has 0 aromatic rings. The quantitative estimate of drug-likeness (QED) is 0.683. The summed E-state index contributed by atoms with van der Waals surface area (Å²) in [5.41, 5.74) is 5.88. The fourth-order valence-corrected chi connectivity index (χ4v) is 2.12. The number of rotatable bonds is 3. The van der Waals surface area contributed by atoms with Crippen LogP contribution in [-0.2, 0) is 0 Å². The number of nitrogens with two attached hydrogens (primary N) is 1. The molecular formula is C10H20N2. The van der Waals surface area contributed by atoms with E-state index in [-0.39, 0.29) is 0 Å². The molecule has 0 spiro atoms. The van der Waals surface area contributed by atoms with Gasteiger partial charge in [-0.05, 0) is 44.6 Å². The lowest BCUT2D eigenvalue weighted by atomic mass is 10.0. The summed E-state index contributed by atoms with van der Waals surface area (Å²) < 4.78 is 0. The molecule has 2 nitrogen and oxygen atoms in total. The van der Waals surface area contributed by atoms with Crippen LogP contribution in [0.1, 0.15) is 26.2 Å². The molecule has 2 atom stereocenters. The molecule has 1 saturated heterocycles. The third-order valence-corrected chi connectivity index (χ3v) is 3.27. The average molecular weight is 168 g/mol. The zero-order valence-corrected chi connectivity index (χ0v) is 8.00. The highest BCUT2D eigenvalue weighted by molar-refractivity contribution is 4.85. The van der Waals surface area contributed by atoms with Crippen LogP contribution in [0.2, 0.25) is 0 Å². The predicted molar refractivity (Wildman–Crippen MR) is 50.9 cm³/mol. The van der Waals surface area contributed by atoms with Gasteiger partial charge in [-0.25, -0.2) is 0 Å². The van der Waals surface area contributed by atoms with E-state index >= 15 is 0 Å². The molecule has 2 rings (SSSR count). The fourth-order valence-electron chi connectivity index (χ4n) is 2.12. The maximum atomic E-state index is 5.88. The molecular weight excluding hydrogens is 148 g/mol. The van der Waals surface area contributed by atoms with Crippen LogP contribution in [0.4, 0.5) is 0 Å². The number of hydrogen-bond donors (Lipinski definition) is 1. The lowest BCUT2D eigenvalue weighted by molar-refractivity contribution is 0.303. The molecule has 0 radical (unpaired) electrons. The first-order chi connectivity index (χ1) is 5.75. The van der Waals surface area contributed by atoms with Crippen LogP contribution in [0.3, 0.4) is 0 Å². The summed E-state index contributed by atoms with van der Waals surface area (Å²) in [5.74, 6) is 1.81. The van der Waals surface area contributed by atoms with E-state index in [0.29, 0.717) is 6.04 Å². The Morgan fingerprint density at radius 3 is 2.67 bits per heavy atom. The van der Waals surface area contributed by atoms with E-state index < -0.39 is 0 Å². The first kappa shape index (κ1) is 8.52. The molecule has 1 aliphatic heterocycles. The molecule has 70 valence electrons. The van der Waals surface area contributed by atoms with Crippen LogP contribution >= 0.6 is 0 Å². The molecule has 2 unspecified atom stereocenters. The van der Waals surface area contributed by atoms with Gasteiger partial charge in [0.1, 0.15) is 0 Å². The smallest absolute Gasteiger partial charge is 0.00514 e. The van der Waals surface area contributed by atoms with Crippen LogP contribution < -0.4 is 5.73 Å². The Bertz CT molecular complexity index is 152. The minimum atomic E-state index is 0.397. The first-order valence-corrected chi connectivity index (χ1v) is 5.23. The minimum Gasteiger partial charge on any atom is -0.328 e. The third-order valence-electron chi connectivity index (χ3n) is 3.27. The summed E-state index contributed by atoms with van der Waals surface area (Å²) in [6, 6.07) is 0.397. The third kappa shape index (κ3) is 1.99. The van der Waals surface area contributed by atoms with Crippen LogP contribution in [0.5, 0.6) is 0 Å². The van der Waals surface area contributed by atoms with Gasteiger partial charge < -0.3 is 10.6 Å². The minimum absolute atomic E-state index is 0.397. The van der Waals surface area contributed by atoms with Crippen molar-refractivity contribution < 1.29 is 0 Å². The average Bonchev–Trinajstić information content (AvgIpc) is 2.66. The molecule has 0 bridgehead atoms. The largest absolute Gasteiger partial charge is 0.328 e. The first-order valence-electron chi connectivity index (χ1n) is 5.23. The Labute approximate surface area is 75.1 Å². The van der Waals surface area contributed by atoms with Crippen molar-refractivity contribution in [1.29, 1.82) is 0 Å². The van der Waals surface area contributed by atoms with Gasteiger partial charge in [-0.15, -0.1) is 0 Å². The Morgan fingerprint density at radius 2 is 2.17 bits per heavy atom. The van der Waals surface area contributed by atoms with Gasteiger partial charge in [0.15, 0.2) is 0 Å². The summed E-state index contributed by atoms with van der Waals surface area (Å²) in [6.07, 6.45) is 4.27. The Kier molecular flexibility index (Phi) is 2.37.